The summed E-state index contributed by atoms with van der Waals surface area (Å²) in [6.07, 6.45) is 6.38. The SMILES string of the molecule is O=C(Cc1ccc(Cl)c(Cl)c1)N(CCBr)C1CCCCC1. The Morgan fingerprint density at radius 3 is 2.52 bits per heavy atom. The fourth-order valence-corrected chi connectivity index (χ4v) is 3.62. The molecule has 5 heteroatoms. The summed E-state index contributed by atoms with van der Waals surface area (Å²) in [6.45, 7) is 0.769. The van der Waals surface area contributed by atoms with E-state index in [1.54, 1.807) is 12.1 Å². The maximum atomic E-state index is 12.6. The fraction of sp³-hybridized carbons (Fsp3) is 0.562. The van der Waals surface area contributed by atoms with Gasteiger partial charge in [-0.3, -0.25) is 4.79 Å². The minimum absolute atomic E-state index is 0.180. The zero-order valence-electron chi connectivity index (χ0n) is 12.0. The Morgan fingerprint density at radius 2 is 1.90 bits per heavy atom. The molecular formula is C16H20BrCl2NO. The topological polar surface area (TPSA) is 20.3 Å². The van der Waals surface area contributed by atoms with Crippen LogP contribution in [0.25, 0.3) is 0 Å². The molecule has 2 nitrogen and oxygen atoms in total. The summed E-state index contributed by atoms with van der Waals surface area (Å²) in [6, 6.07) is 5.81. The van der Waals surface area contributed by atoms with Gasteiger partial charge in [0.25, 0.3) is 0 Å². The number of nitrogens with zero attached hydrogens (tertiary/aromatic N) is 1. The Labute approximate surface area is 144 Å². The van der Waals surface area contributed by atoms with Gasteiger partial charge in [-0.2, -0.15) is 0 Å². The predicted octanol–water partition coefficient (Wildman–Crippen LogP) is 5.09. The first-order valence-corrected chi connectivity index (χ1v) is 9.29. The third-order valence-corrected chi connectivity index (χ3v) is 5.09. The molecule has 0 aliphatic heterocycles. The molecule has 1 aromatic carbocycles. The lowest BCUT2D eigenvalue weighted by atomic mass is 9.93. The zero-order chi connectivity index (χ0) is 15.2. The molecule has 21 heavy (non-hydrogen) atoms. The van der Waals surface area contributed by atoms with Crippen LogP contribution in [0.5, 0.6) is 0 Å². The van der Waals surface area contributed by atoms with Gasteiger partial charge in [0.1, 0.15) is 0 Å². The van der Waals surface area contributed by atoms with E-state index >= 15 is 0 Å². The van der Waals surface area contributed by atoms with Gasteiger partial charge in [0.15, 0.2) is 0 Å². The Bertz CT molecular complexity index is 489. The van der Waals surface area contributed by atoms with Crippen LogP contribution in [0.2, 0.25) is 10.0 Å². The van der Waals surface area contributed by atoms with Crippen LogP contribution in [0, 0.1) is 0 Å². The van der Waals surface area contributed by atoms with Crippen LogP contribution in [-0.4, -0.2) is 28.7 Å². The smallest absolute Gasteiger partial charge is 0.227 e. The minimum Gasteiger partial charge on any atom is -0.339 e. The first-order valence-electron chi connectivity index (χ1n) is 7.41. The number of carbonyl (C=O) groups excluding carboxylic acids is 1. The molecule has 1 saturated carbocycles. The highest BCUT2D eigenvalue weighted by Crippen LogP contribution is 2.25. The fourth-order valence-electron chi connectivity index (χ4n) is 2.92. The average molecular weight is 393 g/mol. The van der Waals surface area contributed by atoms with Crippen molar-refractivity contribution in [2.24, 2.45) is 0 Å². The van der Waals surface area contributed by atoms with Gasteiger partial charge in [-0.15, -0.1) is 0 Å². The number of amides is 1. The Morgan fingerprint density at radius 1 is 1.19 bits per heavy atom. The first kappa shape index (κ1) is 17.1. The Balaban J connectivity index is 2.05. The Kier molecular flexibility index (Phi) is 6.84. The third-order valence-electron chi connectivity index (χ3n) is 4.00. The predicted molar refractivity (Wildman–Crippen MR) is 92.5 cm³/mol. The van der Waals surface area contributed by atoms with E-state index in [1.165, 1.54) is 19.3 Å². The first-order chi connectivity index (χ1) is 10.1. The molecule has 1 aliphatic rings. The monoisotopic (exact) mass is 391 g/mol. The van der Waals surface area contributed by atoms with E-state index in [9.17, 15) is 4.79 Å². The quantitative estimate of drug-likeness (QED) is 0.639. The molecule has 0 unspecified atom stereocenters. The normalized spacial score (nSPS) is 16.0. The molecule has 0 radical (unpaired) electrons. The van der Waals surface area contributed by atoms with E-state index in [0.717, 1.165) is 30.3 Å². The van der Waals surface area contributed by atoms with E-state index in [2.05, 4.69) is 15.9 Å². The second kappa shape index (κ2) is 8.40. The van der Waals surface area contributed by atoms with E-state index in [0.29, 0.717) is 22.5 Å². The highest BCUT2D eigenvalue weighted by molar-refractivity contribution is 9.09. The van der Waals surface area contributed by atoms with E-state index < -0.39 is 0 Å². The molecule has 0 atom stereocenters. The summed E-state index contributed by atoms with van der Waals surface area (Å²) in [5.41, 5.74) is 0.921. The molecule has 0 heterocycles. The van der Waals surface area contributed by atoms with Crippen LogP contribution in [0.4, 0.5) is 0 Å². The number of hydrogen-bond acceptors (Lipinski definition) is 1. The molecule has 0 aromatic heterocycles. The van der Waals surface area contributed by atoms with Gasteiger partial charge in [0.2, 0.25) is 5.91 Å². The van der Waals surface area contributed by atoms with Gasteiger partial charge in [-0.05, 0) is 30.5 Å². The molecule has 0 bridgehead atoms. The second-order valence-electron chi connectivity index (χ2n) is 5.49. The van der Waals surface area contributed by atoms with Crippen molar-refractivity contribution in [3.05, 3.63) is 33.8 Å². The van der Waals surface area contributed by atoms with Crippen molar-refractivity contribution in [3.8, 4) is 0 Å². The van der Waals surface area contributed by atoms with Crippen LogP contribution in [0.3, 0.4) is 0 Å². The van der Waals surface area contributed by atoms with E-state index in [-0.39, 0.29) is 5.91 Å². The van der Waals surface area contributed by atoms with Crippen molar-refractivity contribution in [3.63, 3.8) is 0 Å². The largest absolute Gasteiger partial charge is 0.339 e. The van der Waals surface area contributed by atoms with Crippen LogP contribution in [-0.2, 0) is 11.2 Å². The second-order valence-corrected chi connectivity index (χ2v) is 7.10. The van der Waals surface area contributed by atoms with E-state index in [4.69, 9.17) is 23.2 Å². The van der Waals surface area contributed by atoms with Crippen molar-refractivity contribution in [2.45, 2.75) is 44.6 Å². The molecular weight excluding hydrogens is 373 g/mol. The lowest BCUT2D eigenvalue weighted by molar-refractivity contribution is -0.133. The standard InChI is InChI=1S/C16H20BrCl2NO/c17-8-9-20(13-4-2-1-3-5-13)16(21)11-12-6-7-14(18)15(19)10-12/h6-7,10,13H,1-5,8-9,11H2. The number of carbonyl (C=O) groups is 1. The van der Waals surface area contributed by atoms with Crippen LogP contribution in [0.15, 0.2) is 18.2 Å². The minimum atomic E-state index is 0.180. The van der Waals surface area contributed by atoms with Gasteiger partial charge in [-0.1, -0.05) is 64.5 Å². The highest BCUT2D eigenvalue weighted by Gasteiger charge is 2.24. The zero-order valence-corrected chi connectivity index (χ0v) is 15.1. The number of rotatable bonds is 5. The summed E-state index contributed by atoms with van der Waals surface area (Å²) < 4.78 is 0. The number of alkyl halides is 1. The van der Waals surface area contributed by atoms with Crippen LogP contribution < -0.4 is 0 Å². The highest BCUT2D eigenvalue weighted by atomic mass is 79.9. The summed E-state index contributed by atoms with van der Waals surface area (Å²) in [7, 11) is 0. The van der Waals surface area contributed by atoms with Gasteiger partial charge in [0.05, 0.1) is 16.5 Å². The van der Waals surface area contributed by atoms with Gasteiger partial charge >= 0.3 is 0 Å². The van der Waals surface area contributed by atoms with Crippen molar-refractivity contribution >= 4 is 45.0 Å². The summed E-state index contributed by atoms with van der Waals surface area (Å²) in [5.74, 6) is 0.180. The number of hydrogen-bond donors (Lipinski definition) is 0. The average Bonchev–Trinajstić information content (AvgIpc) is 2.49. The maximum absolute atomic E-state index is 12.6. The molecule has 0 spiro atoms. The molecule has 2 rings (SSSR count). The third kappa shape index (κ3) is 4.87. The molecule has 116 valence electrons. The van der Waals surface area contributed by atoms with Crippen molar-refractivity contribution in [1.29, 1.82) is 0 Å². The van der Waals surface area contributed by atoms with E-state index in [1.807, 2.05) is 11.0 Å². The lowest BCUT2D eigenvalue weighted by Gasteiger charge is -2.34. The molecule has 1 fully saturated rings. The van der Waals surface area contributed by atoms with Gasteiger partial charge in [0, 0.05) is 17.9 Å². The summed E-state index contributed by atoms with van der Waals surface area (Å²) in [4.78, 5) is 14.7. The molecule has 0 saturated heterocycles. The van der Waals surface area contributed by atoms with Gasteiger partial charge in [-0.25, -0.2) is 0 Å². The maximum Gasteiger partial charge on any atom is 0.227 e. The molecule has 1 amide bonds. The molecule has 0 N–H and O–H groups in total. The molecule has 1 aliphatic carbocycles. The lowest BCUT2D eigenvalue weighted by Crippen LogP contribution is -2.43. The Hall–Kier alpha value is -0.250. The number of halogens is 3. The summed E-state index contributed by atoms with van der Waals surface area (Å²) >= 11 is 15.4. The number of benzene rings is 1. The van der Waals surface area contributed by atoms with Crippen molar-refractivity contribution in [1.82, 2.24) is 4.90 Å². The summed E-state index contributed by atoms with van der Waals surface area (Å²) in [5, 5.41) is 1.85. The van der Waals surface area contributed by atoms with Crippen LogP contribution >= 0.6 is 39.1 Å². The van der Waals surface area contributed by atoms with Gasteiger partial charge < -0.3 is 4.90 Å². The van der Waals surface area contributed by atoms with Crippen LogP contribution in [0.1, 0.15) is 37.7 Å². The molecule has 1 aromatic rings. The van der Waals surface area contributed by atoms with Crippen molar-refractivity contribution < 1.29 is 4.79 Å². The van der Waals surface area contributed by atoms with Crippen molar-refractivity contribution in [2.75, 3.05) is 11.9 Å².